The molecule has 0 spiro atoms. The summed E-state index contributed by atoms with van der Waals surface area (Å²) < 4.78 is 14.3. The van der Waals surface area contributed by atoms with Crippen molar-refractivity contribution < 1.29 is 9.15 Å². The van der Waals surface area contributed by atoms with Crippen molar-refractivity contribution in [1.29, 1.82) is 0 Å². The van der Waals surface area contributed by atoms with Crippen molar-refractivity contribution in [2.45, 2.75) is 168 Å². The molecule has 1 aliphatic heterocycles. The minimum Gasteiger partial charge on any atom is -0.458 e. The van der Waals surface area contributed by atoms with Crippen LogP contribution in [0.15, 0.2) is 224 Å². The number of unbranched alkanes of at least 4 members (excludes halogenated alkanes) is 3. The number of fused-ring (bicyclic) bond motifs is 1. The highest BCUT2D eigenvalue weighted by atomic mass is 16.5. The maximum atomic E-state index is 7.28. The van der Waals surface area contributed by atoms with E-state index in [1.807, 2.05) is 39.8 Å². The molecule has 466 valence electrons. The van der Waals surface area contributed by atoms with Gasteiger partial charge in [-0.2, -0.15) is 0 Å². The molecule has 1 aliphatic rings. The Bertz CT molecular complexity index is 3920. The molecule has 89 heavy (non-hydrogen) atoms. The molecule has 10 rings (SSSR count). The normalized spacial score (nSPS) is 15.1. The molecular weight excluding hydrogens is 1080 g/mol. The number of anilines is 5. The van der Waals surface area contributed by atoms with Crippen LogP contribution >= 0.6 is 0 Å². The van der Waals surface area contributed by atoms with E-state index in [4.69, 9.17) is 9.15 Å². The van der Waals surface area contributed by atoms with Gasteiger partial charge in [0.15, 0.2) is 5.75 Å². The number of rotatable bonds is 16. The molecule has 9 aromatic rings. The van der Waals surface area contributed by atoms with E-state index in [9.17, 15) is 0 Å². The van der Waals surface area contributed by atoms with Crippen molar-refractivity contribution in [3.63, 3.8) is 0 Å². The summed E-state index contributed by atoms with van der Waals surface area (Å²) in [5, 5.41) is 7.06. The van der Waals surface area contributed by atoms with Gasteiger partial charge in [0.2, 0.25) is 0 Å². The number of nitrogens with zero attached hydrogens (tertiary/aromatic N) is 2. The minimum absolute atomic E-state index is 0.275. The summed E-state index contributed by atoms with van der Waals surface area (Å²) in [6, 6.07) is 50.6. The first-order valence-corrected chi connectivity index (χ1v) is 32.8. The lowest BCUT2D eigenvalue weighted by Gasteiger charge is -2.48. The van der Waals surface area contributed by atoms with Crippen LogP contribution in [0.2, 0.25) is 0 Å². The molecule has 0 amide bonds. The third kappa shape index (κ3) is 14.9. The summed E-state index contributed by atoms with van der Waals surface area (Å²) in [5.74, 6) is 3.47. The van der Waals surface area contributed by atoms with Crippen LogP contribution in [0.25, 0.3) is 49.5 Å². The topological polar surface area (TPSA) is 28.9 Å². The first-order valence-electron chi connectivity index (χ1n) is 32.8. The maximum Gasteiger partial charge on any atom is 0.154 e. The largest absolute Gasteiger partial charge is 0.458 e. The third-order valence-corrected chi connectivity index (χ3v) is 16.2. The zero-order valence-electron chi connectivity index (χ0n) is 57.5. The Morgan fingerprint density at radius 1 is 0.640 bits per heavy atom. The molecule has 0 saturated heterocycles. The van der Waals surface area contributed by atoms with Gasteiger partial charge in [-0.05, 0) is 161 Å². The molecular formula is C85H104N2O2. The Kier molecular flexibility index (Phi) is 27.8. The fourth-order valence-electron chi connectivity index (χ4n) is 12.2. The van der Waals surface area contributed by atoms with Gasteiger partial charge in [-0.15, -0.1) is 13.2 Å². The van der Waals surface area contributed by atoms with E-state index in [2.05, 4.69) is 315 Å². The van der Waals surface area contributed by atoms with E-state index in [-0.39, 0.29) is 6.04 Å². The number of aryl methyl sites for hydroxylation is 2. The van der Waals surface area contributed by atoms with Gasteiger partial charge in [0, 0.05) is 38.6 Å². The van der Waals surface area contributed by atoms with Crippen LogP contribution in [0.4, 0.5) is 28.4 Å². The van der Waals surface area contributed by atoms with Crippen LogP contribution in [0, 0.1) is 20.8 Å². The van der Waals surface area contributed by atoms with Crippen LogP contribution in [0.5, 0.6) is 11.5 Å². The monoisotopic (exact) mass is 1180 g/mol. The van der Waals surface area contributed by atoms with Crippen LogP contribution in [0.1, 0.15) is 187 Å². The second-order valence-electron chi connectivity index (χ2n) is 22.0. The highest BCUT2D eigenvalue weighted by Gasteiger charge is 2.47. The van der Waals surface area contributed by atoms with Gasteiger partial charge in [-0.1, -0.05) is 258 Å². The van der Waals surface area contributed by atoms with E-state index in [1.165, 1.54) is 70.2 Å². The molecule has 4 heteroatoms. The van der Waals surface area contributed by atoms with Gasteiger partial charge in [-0.25, -0.2) is 0 Å². The van der Waals surface area contributed by atoms with Gasteiger partial charge in [0.25, 0.3) is 0 Å². The molecule has 0 radical (unpaired) electrons. The van der Waals surface area contributed by atoms with Crippen LogP contribution in [0.3, 0.4) is 0 Å². The molecule has 0 aliphatic carbocycles. The number of benzene rings is 8. The first kappa shape index (κ1) is 71.2. The van der Waals surface area contributed by atoms with Gasteiger partial charge < -0.3 is 19.0 Å². The molecule has 4 nitrogen and oxygen atoms in total. The lowest BCUT2D eigenvalue weighted by molar-refractivity contribution is 0.446. The summed E-state index contributed by atoms with van der Waals surface area (Å²) in [6.45, 7) is 48.4. The second kappa shape index (κ2) is 34.8. The minimum atomic E-state index is -0.416. The lowest BCUT2D eigenvalue weighted by Crippen LogP contribution is -2.40. The van der Waals surface area contributed by atoms with Crippen LogP contribution in [-0.4, -0.2) is 0 Å². The lowest BCUT2D eigenvalue weighted by atomic mass is 9.67. The Hall–Kier alpha value is -8.60. The molecule has 0 saturated carbocycles. The van der Waals surface area contributed by atoms with E-state index in [0.29, 0.717) is 0 Å². The van der Waals surface area contributed by atoms with Gasteiger partial charge in [-0.3, -0.25) is 0 Å². The number of ether oxygens (including phenoxy) is 1. The maximum absolute atomic E-state index is 7.28. The molecule has 2 unspecified atom stereocenters. The molecule has 0 bridgehead atoms. The van der Waals surface area contributed by atoms with Crippen molar-refractivity contribution in [3.05, 3.63) is 264 Å². The summed E-state index contributed by atoms with van der Waals surface area (Å²) in [5.41, 5.74) is 14.9. The average Bonchev–Trinajstić information content (AvgIpc) is 1.62. The van der Waals surface area contributed by atoms with E-state index < -0.39 is 5.41 Å². The summed E-state index contributed by atoms with van der Waals surface area (Å²) in [4.78, 5) is 4.98. The van der Waals surface area contributed by atoms with Crippen molar-refractivity contribution >= 4 is 78.0 Å². The second-order valence-corrected chi connectivity index (χ2v) is 22.0. The van der Waals surface area contributed by atoms with Gasteiger partial charge in [0.05, 0.1) is 22.7 Å². The zero-order chi connectivity index (χ0) is 65.4. The third-order valence-electron chi connectivity index (χ3n) is 16.2. The predicted molar refractivity (Wildman–Crippen MR) is 398 cm³/mol. The molecule has 0 N–H and O–H groups in total. The highest BCUT2D eigenvalue weighted by molar-refractivity contribution is 6.28. The van der Waals surface area contributed by atoms with E-state index in [0.717, 1.165) is 95.8 Å². The molecule has 0 fully saturated rings. The van der Waals surface area contributed by atoms with Crippen LogP contribution < -0.4 is 14.5 Å². The quantitative estimate of drug-likeness (QED) is 0.0417. The molecule has 2 heterocycles. The number of allylic oxidation sites excluding steroid dienone is 11. The Morgan fingerprint density at radius 3 is 1.84 bits per heavy atom. The Morgan fingerprint density at radius 2 is 1.22 bits per heavy atom. The van der Waals surface area contributed by atoms with E-state index in [1.54, 1.807) is 0 Å². The molecule has 1 aromatic heterocycles. The number of hydrogen-bond donors (Lipinski definition) is 0. The van der Waals surface area contributed by atoms with Crippen molar-refractivity contribution in [2.75, 3.05) is 9.80 Å². The fourth-order valence-corrected chi connectivity index (χ4v) is 12.2. The van der Waals surface area contributed by atoms with Crippen molar-refractivity contribution in [1.82, 2.24) is 0 Å². The summed E-state index contributed by atoms with van der Waals surface area (Å²) in [6.07, 6.45) is 28.3. The first-order chi connectivity index (χ1) is 43.4. The number of hydrogen-bond acceptors (Lipinski definition) is 4. The smallest absolute Gasteiger partial charge is 0.154 e. The average molecular weight is 1190 g/mol. The fraction of sp³-hybridized carbons (Fsp3) is 0.294. The van der Waals surface area contributed by atoms with Crippen molar-refractivity contribution in [2.24, 2.45) is 0 Å². The number of furan rings is 1. The summed E-state index contributed by atoms with van der Waals surface area (Å²) in [7, 11) is 0. The predicted octanol–water partition coefficient (Wildman–Crippen LogP) is 27.5. The molecule has 8 aromatic carbocycles. The Labute approximate surface area is 538 Å². The number of para-hydroxylation sites is 4. The standard InChI is InChI=1S/C70H66N2O2.C6H14.C3H8.2C2H6.C2H4/c1-12-25-49(26-13-2)53-30-19-21-32-58(53)71(62-34-24-29-47(9)68(62)73-63-35-23-18-28-46(63)8)59-42-38-50-37-41-55-60(43-39-51-36-40-54(59)64(50)65(51)55)72-61-33-22-20-31-57(61)70(11,44-15-4)56(17-6)66(72)69-48(10)52(27-14-3)67(74-69)45(7)16-5;1-3-5-6-4-2;1-3-2;3*1-2/h12-44,66H,1H2,2-11H3;3-6H2,1-2H3;3H2,1-2H3;2*1-2H3;1-2H2/b26-13-,27-14-,44-15-,45-16-,49-25+,56-17-;;;;;. The Balaban J connectivity index is 0.000000876. The van der Waals surface area contributed by atoms with Gasteiger partial charge in [0.1, 0.15) is 23.3 Å². The van der Waals surface area contributed by atoms with Crippen LogP contribution in [-0.2, 0) is 5.41 Å². The molecule has 2 atom stereocenters. The summed E-state index contributed by atoms with van der Waals surface area (Å²) >= 11 is 0. The highest BCUT2D eigenvalue weighted by Crippen LogP contribution is 2.58. The van der Waals surface area contributed by atoms with Crippen molar-refractivity contribution in [3.8, 4) is 11.5 Å². The SMILES string of the molecule is C=C.C=C/C=C(\C=C/C)c1ccccc1N(c1cccc(C)c1Oc1ccccc1C)c1ccc2ccc3c(N4c5ccccc5C(C)(/C=C\C)/C(=C\C)C4c4oc(/C(C)=C\C)c(/C=C\C)c4C)ccc4ccc1c2c43.CC.CC.CCC.CCCCCC. The van der Waals surface area contributed by atoms with E-state index >= 15 is 0 Å². The van der Waals surface area contributed by atoms with Gasteiger partial charge >= 0.3 is 0 Å². The zero-order valence-corrected chi connectivity index (χ0v) is 57.5.